The number of nitrogens with two attached hydrogens (primary N) is 1. The van der Waals surface area contributed by atoms with Gasteiger partial charge in [0.25, 0.3) is 0 Å². The summed E-state index contributed by atoms with van der Waals surface area (Å²) in [6.45, 7) is 0.990. The largest absolute Gasteiger partial charge is 0.493 e. The van der Waals surface area contributed by atoms with Gasteiger partial charge in [-0.1, -0.05) is 6.07 Å². The molecule has 0 saturated heterocycles. The summed E-state index contributed by atoms with van der Waals surface area (Å²) in [7, 11) is 2.93. The van der Waals surface area contributed by atoms with Gasteiger partial charge in [0.2, 0.25) is 0 Å². The van der Waals surface area contributed by atoms with Crippen molar-refractivity contribution in [3.8, 4) is 28.8 Å². The number of hydrogen-bond acceptors (Lipinski definition) is 8. The number of aromatic carboxylic acids is 1. The topological polar surface area (TPSA) is 135 Å². The second kappa shape index (κ2) is 9.59. The van der Waals surface area contributed by atoms with E-state index in [0.717, 1.165) is 6.42 Å². The summed E-state index contributed by atoms with van der Waals surface area (Å²) in [4.78, 5) is 15.8. The maximum Gasteiger partial charge on any atom is 0.339 e. The maximum absolute atomic E-state index is 11.5. The minimum Gasteiger partial charge on any atom is -0.493 e. The van der Waals surface area contributed by atoms with E-state index in [2.05, 4.69) is 15.2 Å². The molecule has 1 aromatic carbocycles. The highest BCUT2D eigenvalue weighted by molar-refractivity contribution is 5.92. The number of anilines is 1. The van der Waals surface area contributed by atoms with Crippen LogP contribution in [0.4, 0.5) is 5.82 Å². The molecule has 0 atom stereocenters. The molecule has 2 heterocycles. The van der Waals surface area contributed by atoms with E-state index in [1.807, 2.05) is 16.7 Å². The number of benzene rings is 1. The van der Waals surface area contributed by atoms with Gasteiger partial charge < -0.3 is 29.6 Å². The fourth-order valence-electron chi connectivity index (χ4n) is 2.91. The van der Waals surface area contributed by atoms with Gasteiger partial charge in [-0.3, -0.25) is 0 Å². The standard InChI is InChI=1S/C20H23N5O5/c1-28-16-10-13(20(26)27)15(11-17(16)29-2)30-9-4-3-8-25-12-22-24-19(25)14-6-5-7-18(21)23-14/h5-7,10-12H,3-4,8-9H2,1-2H3,(H2,21,23)(H,26,27). The molecule has 10 heteroatoms. The summed E-state index contributed by atoms with van der Waals surface area (Å²) in [5, 5.41) is 17.5. The Morgan fingerprint density at radius 3 is 2.60 bits per heavy atom. The molecule has 0 aliphatic carbocycles. The van der Waals surface area contributed by atoms with Gasteiger partial charge in [0.05, 0.1) is 20.8 Å². The highest BCUT2D eigenvalue weighted by Crippen LogP contribution is 2.34. The van der Waals surface area contributed by atoms with Crippen molar-refractivity contribution in [2.75, 3.05) is 26.6 Å². The predicted molar refractivity (Wildman–Crippen MR) is 109 cm³/mol. The van der Waals surface area contributed by atoms with Crippen molar-refractivity contribution in [1.82, 2.24) is 19.7 Å². The lowest BCUT2D eigenvalue weighted by Gasteiger charge is -2.14. The normalized spacial score (nSPS) is 10.6. The highest BCUT2D eigenvalue weighted by Gasteiger charge is 2.17. The first kappa shape index (κ1) is 20.9. The molecule has 3 rings (SSSR count). The van der Waals surface area contributed by atoms with Gasteiger partial charge in [0, 0.05) is 18.7 Å². The maximum atomic E-state index is 11.5. The van der Waals surface area contributed by atoms with Crippen LogP contribution in [-0.4, -0.2) is 51.7 Å². The van der Waals surface area contributed by atoms with E-state index in [-0.39, 0.29) is 11.3 Å². The smallest absolute Gasteiger partial charge is 0.339 e. The first-order valence-corrected chi connectivity index (χ1v) is 9.26. The lowest BCUT2D eigenvalue weighted by atomic mass is 10.1. The van der Waals surface area contributed by atoms with E-state index in [1.165, 1.54) is 26.4 Å². The Kier molecular flexibility index (Phi) is 6.68. The van der Waals surface area contributed by atoms with E-state index in [1.54, 1.807) is 12.4 Å². The second-order valence-electron chi connectivity index (χ2n) is 6.36. The molecule has 0 saturated carbocycles. The summed E-state index contributed by atoms with van der Waals surface area (Å²) in [6.07, 6.45) is 3.09. The molecule has 0 fully saturated rings. The first-order chi connectivity index (χ1) is 14.5. The number of ether oxygens (including phenoxy) is 3. The molecular formula is C20H23N5O5. The SMILES string of the molecule is COc1cc(OCCCCn2cnnc2-c2cccc(N)n2)c(C(=O)O)cc1OC. The zero-order valence-corrected chi connectivity index (χ0v) is 16.7. The number of carboxylic acids is 1. The monoisotopic (exact) mass is 413 g/mol. The molecule has 0 unspecified atom stereocenters. The van der Waals surface area contributed by atoms with E-state index in [4.69, 9.17) is 19.9 Å². The number of hydrogen-bond donors (Lipinski definition) is 2. The number of methoxy groups -OCH3 is 2. The summed E-state index contributed by atoms with van der Waals surface area (Å²) >= 11 is 0. The molecule has 0 bridgehead atoms. The van der Waals surface area contributed by atoms with Crippen molar-refractivity contribution in [2.24, 2.45) is 0 Å². The third kappa shape index (κ3) is 4.77. The molecular weight excluding hydrogens is 390 g/mol. The summed E-state index contributed by atoms with van der Waals surface area (Å²) in [5.41, 5.74) is 6.41. The molecule has 158 valence electrons. The van der Waals surface area contributed by atoms with Gasteiger partial charge in [-0.2, -0.15) is 0 Å². The van der Waals surface area contributed by atoms with Crippen LogP contribution in [0.5, 0.6) is 17.2 Å². The van der Waals surface area contributed by atoms with Gasteiger partial charge in [-0.05, 0) is 25.0 Å². The Labute approximate surface area is 173 Å². The van der Waals surface area contributed by atoms with Crippen LogP contribution in [0.3, 0.4) is 0 Å². The highest BCUT2D eigenvalue weighted by atomic mass is 16.5. The van der Waals surface area contributed by atoms with Crippen molar-refractivity contribution < 1.29 is 24.1 Å². The van der Waals surface area contributed by atoms with Crippen LogP contribution in [0.15, 0.2) is 36.7 Å². The molecule has 0 radical (unpaired) electrons. The van der Waals surface area contributed by atoms with Crippen molar-refractivity contribution >= 4 is 11.8 Å². The Morgan fingerprint density at radius 2 is 1.90 bits per heavy atom. The average Bonchev–Trinajstić information content (AvgIpc) is 3.21. The van der Waals surface area contributed by atoms with E-state index >= 15 is 0 Å². The fourth-order valence-corrected chi connectivity index (χ4v) is 2.91. The minimum absolute atomic E-state index is 0.0153. The van der Waals surface area contributed by atoms with Crippen molar-refractivity contribution in [1.29, 1.82) is 0 Å². The number of pyridine rings is 1. The molecule has 0 spiro atoms. The Morgan fingerprint density at radius 1 is 1.13 bits per heavy atom. The molecule has 0 aliphatic rings. The van der Waals surface area contributed by atoms with Crippen molar-refractivity contribution in [2.45, 2.75) is 19.4 Å². The number of nitrogens with zero attached hydrogens (tertiary/aromatic N) is 4. The number of rotatable bonds is 10. The quantitative estimate of drug-likeness (QED) is 0.481. The summed E-state index contributed by atoms with van der Waals surface area (Å²) in [6, 6.07) is 8.25. The van der Waals surface area contributed by atoms with Gasteiger partial charge in [-0.15, -0.1) is 10.2 Å². The average molecular weight is 413 g/mol. The molecule has 3 N–H and O–H groups in total. The van der Waals surface area contributed by atoms with E-state index < -0.39 is 5.97 Å². The van der Waals surface area contributed by atoms with Crippen LogP contribution in [0, 0.1) is 0 Å². The Hall–Kier alpha value is -3.82. The van der Waals surface area contributed by atoms with E-state index in [9.17, 15) is 9.90 Å². The number of carbonyl (C=O) groups is 1. The molecule has 3 aromatic rings. The van der Waals surface area contributed by atoms with Crippen LogP contribution < -0.4 is 19.9 Å². The van der Waals surface area contributed by atoms with Crippen LogP contribution >= 0.6 is 0 Å². The molecule has 0 amide bonds. The number of aryl methyl sites for hydroxylation is 1. The molecule has 10 nitrogen and oxygen atoms in total. The Bertz CT molecular complexity index is 1020. The van der Waals surface area contributed by atoms with Gasteiger partial charge in [0.1, 0.15) is 29.2 Å². The fraction of sp³-hybridized carbons (Fsp3) is 0.300. The third-order valence-electron chi connectivity index (χ3n) is 4.38. The minimum atomic E-state index is -1.10. The van der Waals surface area contributed by atoms with Crippen molar-refractivity contribution in [3.05, 3.63) is 42.2 Å². The predicted octanol–water partition coefficient (Wildman–Crippen LogP) is 2.50. The van der Waals surface area contributed by atoms with E-state index in [0.29, 0.717) is 48.4 Å². The van der Waals surface area contributed by atoms with Gasteiger partial charge in [0.15, 0.2) is 17.3 Å². The van der Waals surface area contributed by atoms with Crippen LogP contribution in [0.2, 0.25) is 0 Å². The molecule has 2 aromatic heterocycles. The number of carboxylic acid groups (broad SMARTS) is 1. The zero-order chi connectivity index (χ0) is 21.5. The van der Waals surface area contributed by atoms with Crippen LogP contribution in [-0.2, 0) is 6.54 Å². The van der Waals surface area contributed by atoms with Crippen molar-refractivity contribution in [3.63, 3.8) is 0 Å². The lowest BCUT2D eigenvalue weighted by Crippen LogP contribution is -2.07. The second-order valence-corrected chi connectivity index (χ2v) is 6.36. The lowest BCUT2D eigenvalue weighted by molar-refractivity contribution is 0.0691. The van der Waals surface area contributed by atoms with Gasteiger partial charge in [-0.25, -0.2) is 9.78 Å². The molecule has 30 heavy (non-hydrogen) atoms. The summed E-state index contributed by atoms with van der Waals surface area (Å²) < 4.78 is 18.0. The van der Waals surface area contributed by atoms with Crippen LogP contribution in [0.1, 0.15) is 23.2 Å². The van der Waals surface area contributed by atoms with Crippen LogP contribution in [0.25, 0.3) is 11.5 Å². The number of unbranched alkanes of at least 4 members (excludes halogenated alkanes) is 1. The summed E-state index contributed by atoms with van der Waals surface area (Å²) in [5.74, 6) is 0.915. The zero-order valence-electron chi connectivity index (χ0n) is 16.7. The van der Waals surface area contributed by atoms with Gasteiger partial charge >= 0.3 is 5.97 Å². The number of aromatic nitrogens is 4. The first-order valence-electron chi connectivity index (χ1n) is 9.26. The number of nitrogen functional groups attached to an aromatic ring is 1. The molecule has 0 aliphatic heterocycles. The third-order valence-corrected chi connectivity index (χ3v) is 4.38. The Balaban J connectivity index is 1.59.